The summed E-state index contributed by atoms with van der Waals surface area (Å²) in [5, 5.41) is 3.38. The highest BCUT2D eigenvalue weighted by molar-refractivity contribution is 5.92. The molecule has 7 rings (SSSR count). The highest BCUT2D eigenvalue weighted by atomic mass is 16.6. The minimum absolute atomic E-state index is 0.317. The number of aromatic nitrogens is 5. The van der Waals surface area contributed by atoms with Crippen molar-refractivity contribution in [1.82, 2.24) is 29.8 Å². The van der Waals surface area contributed by atoms with Crippen LogP contribution in [0.2, 0.25) is 0 Å². The van der Waals surface area contributed by atoms with Crippen LogP contribution < -0.4 is 24.8 Å². The number of amides is 1. The molecule has 0 spiro atoms. The largest absolute Gasteiger partial charge is 0.474 e. The quantitative estimate of drug-likeness (QED) is 0.245. The molecule has 15 heteroatoms. The summed E-state index contributed by atoms with van der Waals surface area (Å²) in [6.07, 6.45) is 7.17. The first-order valence-electron chi connectivity index (χ1n) is 18.1. The number of hydrogen-bond donors (Lipinski definition) is 1. The number of piperazine rings is 1. The van der Waals surface area contributed by atoms with Crippen molar-refractivity contribution < 1.29 is 23.8 Å². The maximum Gasteiger partial charge on any atom is 0.415 e. The first-order valence-corrected chi connectivity index (χ1v) is 18.1. The molecule has 3 aliphatic rings. The molecule has 0 atom stereocenters. The number of nitrogens with one attached hydrogen (secondary N) is 1. The lowest BCUT2D eigenvalue weighted by atomic mass is 10.0. The third-order valence-corrected chi connectivity index (χ3v) is 9.39. The lowest BCUT2D eigenvalue weighted by Gasteiger charge is -2.35. The predicted octanol–water partition coefficient (Wildman–Crippen LogP) is 4.91. The van der Waals surface area contributed by atoms with Gasteiger partial charge in [0.25, 0.3) is 0 Å². The van der Waals surface area contributed by atoms with Crippen molar-refractivity contribution in [2.45, 2.75) is 59.7 Å². The van der Waals surface area contributed by atoms with Gasteiger partial charge in [-0.25, -0.2) is 34.5 Å². The summed E-state index contributed by atoms with van der Waals surface area (Å²) in [4.78, 5) is 56.4. The molecule has 4 aromatic rings. The number of anilines is 5. The van der Waals surface area contributed by atoms with Crippen LogP contribution in [0, 0.1) is 6.92 Å². The van der Waals surface area contributed by atoms with Crippen LogP contribution in [0.25, 0.3) is 0 Å². The van der Waals surface area contributed by atoms with E-state index in [-0.39, 0.29) is 0 Å². The van der Waals surface area contributed by atoms with Crippen molar-refractivity contribution in [3.63, 3.8) is 0 Å². The van der Waals surface area contributed by atoms with Gasteiger partial charge in [0.05, 0.1) is 42.8 Å². The van der Waals surface area contributed by atoms with Gasteiger partial charge in [-0.05, 0) is 64.3 Å². The van der Waals surface area contributed by atoms with Gasteiger partial charge in [0, 0.05) is 69.1 Å². The fraction of sp³-hybridized carbons (Fsp3) is 0.447. The molecule has 0 bridgehead atoms. The van der Waals surface area contributed by atoms with Crippen LogP contribution in [-0.2, 0) is 29.0 Å². The van der Waals surface area contributed by atoms with Gasteiger partial charge >= 0.3 is 12.1 Å². The molecule has 3 aliphatic heterocycles. The number of nitrogens with zero attached hydrogens (tertiary/aromatic N) is 9. The third kappa shape index (κ3) is 8.25. The lowest BCUT2D eigenvalue weighted by molar-refractivity contribution is 0.0523. The maximum atomic E-state index is 13.1. The van der Waals surface area contributed by atoms with E-state index < -0.39 is 17.7 Å². The van der Waals surface area contributed by atoms with Crippen molar-refractivity contribution >= 4 is 41.0 Å². The Morgan fingerprint density at radius 2 is 1.66 bits per heavy atom. The third-order valence-electron chi connectivity index (χ3n) is 9.39. The molecular formula is C38H46N10O5. The van der Waals surface area contributed by atoms with Crippen molar-refractivity contribution in [3.05, 3.63) is 77.0 Å². The predicted molar refractivity (Wildman–Crippen MR) is 200 cm³/mol. The SMILES string of the molecule is CCOC(=O)c1cnc(N2CCN(Cc3ccc(Nc4ncc5c(n4)CN(c4cnc6c(c4C)N(C(=O)OC(C)(C)C)CCO6)CC5)cc3)CC2)nc1. The van der Waals surface area contributed by atoms with Crippen LogP contribution >= 0.6 is 0 Å². The summed E-state index contributed by atoms with van der Waals surface area (Å²) in [6.45, 7) is 16.0. The van der Waals surface area contributed by atoms with Gasteiger partial charge in [-0.2, -0.15) is 0 Å². The molecule has 0 unspecified atom stereocenters. The van der Waals surface area contributed by atoms with Gasteiger partial charge in [0.2, 0.25) is 17.8 Å². The molecular weight excluding hydrogens is 676 g/mol. The summed E-state index contributed by atoms with van der Waals surface area (Å²) >= 11 is 0. The van der Waals surface area contributed by atoms with E-state index in [1.54, 1.807) is 11.8 Å². The zero-order valence-corrected chi connectivity index (χ0v) is 31.0. The van der Waals surface area contributed by atoms with Crippen molar-refractivity contribution in [3.8, 4) is 5.88 Å². The number of hydrogen-bond acceptors (Lipinski definition) is 14. The first kappa shape index (κ1) is 35.8. The number of carbonyl (C=O) groups is 2. The number of benzene rings is 1. The normalized spacial score (nSPS) is 16.0. The minimum atomic E-state index is -0.614. The monoisotopic (exact) mass is 722 g/mol. The highest BCUT2D eigenvalue weighted by Crippen LogP contribution is 2.40. The molecule has 0 aliphatic carbocycles. The van der Waals surface area contributed by atoms with E-state index in [1.165, 1.54) is 18.0 Å². The molecule has 1 N–H and O–H groups in total. The van der Waals surface area contributed by atoms with Gasteiger partial charge in [0.1, 0.15) is 17.9 Å². The number of esters is 1. The van der Waals surface area contributed by atoms with Gasteiger partial charge in [0.15, 0.2) is 0 Å². The zero-order chi connectivity index (χ0) is 37.1. The van der Waals surface area contributed by atoms with Gasteiger partial charge in [-0.1, -0.05) is 12.1 Å². The Morgan fingerprint density at radius 1 is 0.906 bits per heavy atom. The Hall–Kier alpha value is -5.57. The molecule has 15 nitrogen and oxygen atoms in total. The molecule has 0 saturated carbocycles. The fourth-order valence-electron chi connectivity index (χ4n) is 6.71. The molecule has 53 heavy (non-hydrogen) atoms. The highest BCUT2D eigenvalue weighted by Gasteiger charge is 2.33. The lowest BCUT2D eigenvalue weighted by Crippen LogP contribution is -2.46. The Kier molecular flexibility index (Phi) is 10.3. The summed E-state index contributed by atoms with van der Waals surface area (Å²) in [5.41, 5.74) is 6.42. The number of ether oxygens (including phenoxy) is 3. The molecule has 0 radical (unpaired) electrons. The van der Waals surface area contributed by atoms with E-state index in [0.29, 0.717) is 55.3 Å². The van der Waals surface area contributed by atoms with Gasteiger partial charge < -0.3 is 29.3 Å². The second kappa shape index (κ2) is 15.2. The standard InChI is InChI=1S/C38H46N10O5/c1-6-51-34(49)28-20-41-36(42-21-28)46-15-13-45(14-16-46)23-26-7-9-29(10-8-26)43-35-40-19-27-11-12-47(24-30(27)44-35)31-22-39-33-32(25(31)2)48(17-18-52-33)37(50)53-38(3,4)5/h7-10,19-22H,6,11-18,23-24H2,1-5H3,(H,40,43,44). The van der Waals surface area contributed by atoms with E-state index in [1.807, 2.05) is 40.1 Å². The number of pyridine rings is 1. The summed E-state index contributed by atoms with van der Waals surface area (Å²) in [7, 11) is 0. The molecule has 278 valence electrons. The summed E-state index contributed by atoms with van der Waals surface area (Å²) in [6, 6.07) is 8.37. The van der Waals surface area contributed by atoms with Crippen LogP contribution in [0.4, 0.5) is 33.8 Å². The second-order valence-electron chi connectivity index (χ2n) is 14.3. The smallest absolute Gasteiger partial charge is 0.415 e. The molecule has 1 amide bonds. The maximum absolute atomic E-state index is 13.1. The van der Waals surface area contributed by atoms with Gasteiger partial charge in [-0.15, -0.1) is 0 Å². The molecule has 1 fully saturated rings. The molecule has 3 aromatic heterocycles. The van der Waals surface area contributed by atoms with Crippen LogP contribution in [-0.4, -0.2) is 100.0 Å². The Morgan fingerprint density at radius 3 is 2.38 bits per heavy atom. The van der Waals surface area contributed by atoms with Crippen LogP contribution in [0.1, 0.15) is 60.4 Å². The Balaban J connectivity index is 0.951. The Bertz CT molecular complexity index is 1940. The van der Waals surface area contributed by atoms with Crippen molar-refractivity contribution in [1.29, 1.82) is 0 Å². The van der Waals surface area contributed by atoms with E-state index in [2.05, 4.69) is 64.2 Å². The zero-order valence-electron chi connectivity index (χ0n) is 31.0. The number of fused-ring (bicyclic) bond motifs is 2. The average molecular weight is 723 g/mol. The van der Waals surface area contributed by atoms with E-state index in [0.717, 1.165) is 73.9 Å². The van der Waals surface area contributed by atoms with E-state index in [4.69, 9.17) is 19.2 Å². The fourth-order valence-corrected chi connectivity index (χ4v) is 6.71. The first-order chi connectivity index (χ1) is 25.5. The number of carbonyl (C=O) groups excluding carboxylic acids is 2. The van der Waals surface area contributed by atoms with Crippen molar-refractivity contribution in [2.75, 3.05) is 72.5 Å². The topological polar surface area (TPSA) is 151 Å². The molecule has 1 aromatic carbocycles. The summed E-state index contributed by atoms with van der Waals surface area (Å²) in [5.74, 6) is 1.19. The summed E-state index contributed by atoms with van der Waals surface area (Å²) < 4.78 is 16.6. The number of rotatable bonds is 8. The van der Waals surface area contributed by atoms with Crippen LogP contribution in [0.3, 0.4) is 0 Å². The van der Waals surface area contributed by atoms with Crippen LogP contribution in [0.5, 0.6) is 5.88 Å². The van der Waals surface area contributed by atoms with E-state index in [9.17, 15) is 9.59 Å². The van der Waals surface area contributed by atoms with Gasteiger partial charge in [-0.3, -0.25) is 9.80 Å². The minimum Gasteiger partial charge on any atom is -0.474 e. The molecule has 1 saturated heterocycles. The van der Waals surface area contributed by atoms with Crippen molar-refractivity contribution in [2.24, 2.45) is 0 Å². The van der Waals surface area contributed by atoms with Crippen LogP contribution in [0.15, 0.2) is 49.1 Å². The molecule has 6 heterocycles. The van der Waals surface area contributed by atoms with E-state index >= 15 is 0 Å². The average Bonchev–Trinajstić information content (AvgIpc) is 3.15. The Labute approximate surface area is 309 Å². The second-order valence-corrected chi connectivity index (χ2v) is 14.3.